The predicted molar refractivity (Wildman–Crippen MR) is 77.4 cm³/mol. The highest BCUT2D eigenvalue weighted by Gasteiger charge is 1.88. The van der Waals surface area contributed by atoms with E-state index < -0.39 is 0 Å². The smallest absolute Gasteiger partial charge is 0.0305 e. The summed E-state index contributed by atoms with van der Waals surface area (Å²) in [4.78, 5) is 0. The lowest BCUT2D eigenvalue weighted by molar-refractivity contribution is 1.12. The van der Waals surface area contributed by atoms with E-state index in [1.54, 1.807) is 0 Å². The van der Waals surface area contributed by atoms with Crippen LogP contribution in [0.4, 0.5) is 0 Å². The Kier molecular flexibility index (Phi) is 46.3. The lowest BCUT2D eigenvalue weighted by Gasteiger charge is -1.98. The molecule has 0 aromatic heterocycles. The standard InChI is InChI=1S/C9H14.3C2H6/c1-5-8(4)9(6-2)7-3;3*1-2/h5-6H,1-2,7H2,3-4H3;3*1-2H3/b9-8+;;;. The van der Waals surface area contributed by atoms with Gasteiger partial charge in [-0.25, -0.2) is 0 Å². The van der Waals surface area contributed by atoms with E-state index in [4.69, 9.17) is 0 Å². The quantitative estimate of drug-likeness (QED) is 0.491. The van der Waals surface area contributed by atoms with Crippen molar-refractivity contribution in [3.63, 3.8) is 0 Å². The minimum atomic E-state index is 1.04. The van der Waals surface area contributed by atoms with Gasteiger partial charge in [0.15, 0.2) is 0 Å². The summed E-state index contributed by atoms with van der Waals surface area (Å²) in [6, 6.07) is 0. The van der Waals surface area contributed by atoms with Gasteiger partial charge >= 0.3 is 0 Å². The molecule has 0 aliphatic heterocycles. The van der Waals surface area contributed by atoms with Crippen molar-refractivity contribution >= 4 is 0 Å². The van der Waals surface area contributed by atoms with E-state index in [1.807, 2.05) is 60.6 Å². The molecule has 0 saturated heterocycles. The van der Waals surface area contributed by atoms with Crippen LogP contribution in [0.5, 0.6) is 0 Å². The van der Waals surface area contributed by atoms with E-state index in [2.05, 4.69) is 20.1 Å². The second-order valence-electron chi connectivity index (χ2n) is 1.97. The molecule has 0 radical (unpaired) electrons. The zero-order chi connectivity index (χ0) is 13.3. The number of hydrogen-bond donors (Lipinski definition) is 0. The Hall–Kier alpha value is -0.780. The maximum Gasteiger partial charge on any atom is -0.0305 e. The zero-order valence-electron chi connectivity index (χ0n) is 12.3. The van der Waals surface area contributed by atoms with Crippen LogP contribution in [0, 0.1) is 0 Å². The first-order valence-electron chi connectivity index (χ1n) is 6.20. The molecular weight excluding hydrogens is 180 g/mol. The molecule has 0 nitrogen and oxygen atoms in total. The third-order valence-corrected chi connectivity index (χ3v) is 1.44. The molecule has 0 bridgehead atoms. The van der Waals surface area contributed by atoms with E-state index >= 15 is 0 Å². The lowest BCUT2D eigenvalue weighted by atomic mass is 10.1. The van der Waals surface area contributed by atoms with Gasteiger partial charge in [0.2, 0.25) is 0 Å². The maximum absolute atomic E-state index is 3.70. The minimum Gasteiger partial charge on any atom is -0.0988 e. The van der Waals surface area contributed by atoms with Crippen LogP contribution in [0.1, 0.15) is 61.8 Å². The van der Waals surface area contributed by atoms with Crippen LogP contribution in [-0.4, -0.2) is 0 Å². The van der Waals surface area contributed by atoms with Gasteiger partial charge < -0.3 is 0 Å². The van der Waals surface area contributed by atoms with Gasteiger partial charge in [0.1, 0.15) is 0 Å². The summed E-state index contributed by atoms with van der Waals surface area (Å²) in [5.74, 6) is 0. The summed E-state index contributed by atoms with van der Waals surface area (Å²) < 4.78 is 0. The van der Waals surface area contributed by atoms with Crippen molar-refractivity contribution < 1.29 is 0 Å². The first-order chi connectivity index (χ1) is 7.26. The third kappa shape index (κ3) is 19.6. The molecule has 0 heterocycles. The van der Waals surface area contributed by atoms with Crippen LogP contribution in [0.15, 0.2) is 36.5 Å². The Labute approximate surface area is 98.8 Å². The average Bonchev–Trinajstić information content (AvgIpc) is 2.37. The van der Waals surface area contributed by atoms with Crippen LogP contribution < -0.4 is 0 Å². The Morgan fingerprint density at radius 3 is 1.27 bits per heavy atom. The lowest BCUT2D eigenvalue weighted by Crippen LogP contribution is -1.77. The molecule has 0 amide bonds. The molecule has 0 rings (SSSR count). The monoisotopic (exact) mass is 212 g/mol. The second kappa shape index (κ2) is 29.2. The fraction of sp³-hybridized carbons (Fsp3) is 0.600. The largest absolute Gasteiger partial charge is 0.0988 e. The SMILES string of the molecule is C=C/C(C)=C(\C=C)CC.CC.CC.CC. The first kappa shape index (κ1) is 23.8. The highest BCUT2D eigenvalue weighted by Crippen LogP contribution is 2.08. The molecule has 0 heteroatoms. The van der Waals surface area contributed by atoms with Gasteiger partial charge in [-0.1, -0.05) is 73.8 Å². The summed E-state index contributed by atoms with van der Waals surface area (Å²) in [5.41, 5.74) is 2.51. The van der Waals surface area contributed by atoms with Gasteiger partial charge in [-0.3, -0.25) is 0 Å². The molecule has 0 aromatic carbocycles. The first-order valence-corrected chi connectivity index (χ1v) is 6.20. The van der Waals surface area contributed by atoms with Crippen molar-refractivity contribution in [2.75, 3.05) is 0 Å². The highest BCUT2D eigenvalue weighted by atomic mass is 13.9. The van der Waals surface area contributed by atoms with Gasteiger partial charge in [-0.05, 0) is 24.5 Å². The molecule has 92 valence electrons. The molecule has 0 unspecified atom stereocenters. The Morgan fingerprint density at radius 1 is 0.867 bits per heavy atom. The van der Waals surface area contributed by atoms with Gasteiger partial charge in [0.05, 0.1) is 0 Å². The van der Waals surface area contributed by atoms with Crippen LogP contribution in [0.2, 0.25) is 0 Å². The second-order valence-corrected chi connectivity index (χ2v) is 1.97. The fourth-order valence-electron chi connectivity index (χ4n) is 0.715. The molecular formula is C15H32. The van der Waals surface area contributed by atoms with E-state index in [0.717, 1.165) is 6.42 Å². The molecule has 0 saturated carbocycles. The van der Waals surface area contributed by atoms with Crippen molar-refractivity contribution in [3.8, 4) is 0 Å². The summed E-state index contributed by atoms with van der Waals surface area (Å²) >= 11 is 0. The number of rotatable bonds is 3. The summed E-state index contributed by atoms with van der Waals surface area (Å²) in [6.45, 7) is 23.5. The average molecular weight is 212 g/mol. The maximum atomic E-state index is 3.70. The summed E-state index contributed by atoms with van der Waals surface area (Å²) in [7, 11) is 0. The normalized spacial score (nSPS) is 8.53. The Morgan fingerprint density at radius 2 is 1.20 bits per heavy atom. The Bertz CT molecular complexity index is 138. The molecule has 0 atom stereocenters. The molecule has 0 fully saturated rings. The summed E-state index contributed by atoms with van der Waals surface area (Å²) in [5, 5.41) is 0. The van der Waals surface area contributed by atoms with E-state index in [9.17, 15) is 0 Å². The van der Waals surface area contributed by atoms with Gasteiger partial charge in [0.25, 0.3) is 0 Å². The molecule has 0 aliphatic rings. The van der Waals surface area contributed by atoms with E-state index in [0.29, 0.717) is 0 Å². The zero-order valence-corrected chi connectivity index (χ0v) is 12.3. The molecule has 0 spiro atoms. The number of hydrogen-bond acceptors (Lipinski definition) is 0. The molecule has 0 aromatic rings. The van der Waals surface area contributed by atoms with Gasteiger partial charge in [-0.2, -0.15) is 0 Å². The van der Waals surface area contributed by atoms with Crippen LogP contribution in [-0.2, 0) is 0 Å². The van der Waals surface area contributed by atoms with Crippen molar-refractivity contribution in [1.82, 2.24) is 0 Å². The topological polar surface area (TPSA) is 0 Å². The van der Waals surface area contributed by atoms with Crippen molar-refractivity contribution in [2.24, 2.45) is 0 Å². The predicted octanol–water partition coefficient (Wildman–Crippen LogP) is 6.16. The van der Waals surface area contributed by atoms with Crippen LogP contribution >= 0.6 is 0 Å². The molecule has 0 aliphatic carbocycles. The van der Waals surface area contributed by atoms with Crippen molar-refractivity contribution in [1.29, 1.82) is 0 Å². The fourth-order valence-corrected chi connectivity index (χ4v) is 0.715. The molecule has 0 N–H and O–H groups in total. The highest BCUT2D eigenvalue weighted by molar-refractivity contribution is 5.28. The van der Waals surface area contributed by atoms with Crippen molar-refractivity contribution in [2.45, 2.75) is 61.8 Å². The van der Waals surface area contributed by atoms with Crippen LogP contribution in [0.3, 0.4) is 0 Å². The van der Waals surface area contributed by atoms with E-state index in [-0.39, 0.29) is 0 Å². The minimum absolute atomic E-state index is 1.04. The Balaban J connectivity index is -0.0000000860. The van der Waals surface area contributed by atoms with Gasteiger partial charge in [0, 0.05) is 0 Å². The van der Waals surface area contributed by atoms with Crippen LogP contribution in [0.25, 0.3) is 0 Å². The molecule has 15 heavy (non-hydrogen) atoms. The van der Waals surface area contributed by atoms with Gasteiger partial charge in [-0.15, -0.1) is 0 Å². The third-order valence-electron chi connectivity index (χ3n) is 1.44. The van der Waals surface area contributed by atoms with E-state index in [1.165, 1.54) is 11.1 Å². The number of allylic oxidation sites excluding steroid dienone is 4. The van der Waals surface area contributed by atoms with Crippen molar-refractivity contribution in [3.05, 3.63) is 36.5 Å². The summed E-state index contributed by atoms with van der Waals surface area (Å²) in [6.07, 6.45) is 4.79.